The van der Waals surface area contributed by atoms with Crippen molar-refractivity contribution < 1.29 is 19.0 Å². The SMILES string of the molecule is Cc1cccc(OCC(=O)N2CCC(Oc3nccnc3N3CCOCC3)C2)c1. The molecule has 0 bridgehead atoms. The number of aromatic nitrogens is 2. The standard InChI is InChI=1S/C21H26N4O4/c1-16-3-2-4-17(13-16)28-15-19(26)25-8-5-18(14-25)29-21-20(22-6-7-23-21)24-9-11-27-12-10-24/h2-4,6-7,13,18H,5,8-12,14-15H2,1H3. The maximum Gasteiger partial charge on any atom is 0.260 e. The fraction of sp³-hybridized carbons (Fsp3) is 0.476. The molecule has 1 unspecified atom stereocenters. The number of ether oxygens (including phenoxy) is 3. The number of amides is 1. The van der Waals surface area contributed by atoms with E-state index in [1.807, 2.05) is 31.2 Å². The van der Waals surface area contributed by atoms with Gasteiger partial charge in [-0.1, -0.05) is 12.1 Å². The monoisotopic (exact) mass is 398 g/mol. The fourth-order valence-corrected chi connectivity index (χ4v) is 3.54. The van der Waals surface area contributed by atoms with Crippen LogP contribution in [-0.2, 0) is 9.53 Å². The Morgan fingerprint density at radius 1 is 1.21 bits per heavy atom. The van der Waals surface area contributed by atoms with Gasteiger partial charge >= 0.3 is 0 Å². The molecule has 1 amide bonds. The first kappa shape index (κ1) is 19.4. The number of rotatable bonds is 6. The number of morpholine rings is 1. The summed E-state index contributed by atoms with van der Waals surface area (Å²) in [5.74, 6) is 1.93. The summed E-state index contributed by atoms with van der Waals surface area (Å²) in [7, 11) is 0. The number of benzene rings is 1. The van der Waals surface area contributed by atoms with Crippen molar-refractivity contribution in [1.82, 2.24) is 14.9 Å². The predicted molar refractivity (Wildman–Crippen MR) is 107 cm³/mol. The fourth-order valence-electron chi connectivity index (χ4n) is 3.54. The average Bonchev–Trinajstić information content (AvgIpc) is 3.22. The second-order valence-corrected chi connectivity index (χ2v) is 7.26. The molecule has 2 aliphatic rings. The van der Waals surface area contributed by atoms with Gasteiger partial charge in [-0.3, -0.25) is 4.79 Å². The van der Waals surface area contributed by atoms with Gasteiger partial charge in [-0.05, 0) is 24.6 Å². The molecule has 1 aromatic carbocycles. The molecule has 2 fully saturated rings. The molecule has 8 heteroatoms. The van der Waals surface area contributed by atoms with E-state index in [1.54, 1.807) is 17.3 Å². The van der Waals surface area contributed by atoms with Gasteiger partial charge in [-0.25, -0.2) is 9.97 Å². The summed E-state index contributed by atoms with van der Waals surface area (Å²) in [6.45, 7) is 6.06. The molecule has 3 heterocycles. The first-order valence-corrected chi connectivity index (χ1v) is 9.96. The molecular weight excluding hydrogens is 372 g/mol. The first-order valence-electron chi connectivity index (χ1n) is 9.96. The van der Waals surface area contributed by atoms with E-state index in [0.717, 1.165) is 30.9 Å². The average molecular weight is 398 g/mol. The van der Waals surface area contributed by atoms with Gasteiger partial charge in [0, 0.05) is 38.4 Å². The van der Waals surface area contributed by atoms with E-state index in [-0.39, 0.29) is 18.6 Å². The number of anilines is 1. The lowest BCUT2D eigenvalue weighted by molar-refractivity contribution is -0.132. The molecule has 1 atom stereocenters. The summed E-state index contributed by atoms with van der Waals surface area (Å²) in [4.78, 5) is 25.2. The zero-order chi connectivity index (χ0) is 20.1. The number of carbonyl (C=O) groups excluding carboxylic acids is 1. The van der Waals surface area contributed by atoms with E-state index in [0.29, 0.717) is 37.9 Å². The molecule has 0 radical (unpaired) electrons. The lowest BCUT2D eigenvalue weighted by Crippen LogP contribution is -2.37. The predicted octanol–water partition coefficient (Wildman–Crippen LogP) is 1.68. The van der Waals surface area contributed by atoms with Crippen LogP contribution in [0.15, 0.2) is 36.7 Å². The number of nitrogens with zero attached hydrogens (tertiary/aromatic N) is 4. The van der Waals surface area contributed by atoms with E-state index < -0.39 is 0 Å². The van der Waals surface area contributed by atoms with Crippen LogP contribution in [0.3, 0.4) is 0 Å². The number of carbonyl (C=O) groups is 1. The third kappa shape index (κ3) is 4.95. The van der Waals surface area contributed by atoms with Crippen LogP contribution in [0, 0.1) is 6.92 Å². The molecule has 2 saturated heterocycles. The number of hydrogen-bond acceptors (Lipinski definition) is 7. The summed E-state index contributed by atoms with van der Waals surface area (Å²) in [5, 5.41) is 0. The van der Waals surface area contributed by atoms with Crippen molar-refractivity contribution in [3.05, 3.63) is 42.2 Å². The quantitative estimate of drug-likeness (QED) is 0.733. The van der Waals surface area contributed by atoms with Gasteiger partial charge in [-0.15, -0.1) is 0 Å². The number of likely N-dealkylation sites (tertiary alicyclic amines) is 1. The van der Waals surface area contributed by atoms with Crippen LogP contribution < -0.4 is 14.4 Å². The van der Waals surface area contributed by atoms with Crippen molar-refractivity contribution in [2.24, 2.45) is 0 Å². The third-order valence-electron chi connectivity index (χ3n) is 5.09. The lowest BCUT2D eigenvalue weighted by atomic mass is 10.2. The molecule has 0 saturated carbocycles. The highest BCUT2D eigenvalue weighted by atomic mass is 16.5. The number of aryl methyl sites for hydroxylation is 1. The summed E-state index contributed by atoms with van der Waals surface area (Å²) < 4.78 is 17.2. The van der Waals surface area contributed by atoms with Gasteiger partial charge in [0.25, 0.3) is 11.8 Å². The van der Waals surface area contributed by atoms with E-state index >= 15 is 0 Å². The molecule has 4 rings (SSSR count). The number of hydrogen-bond donors (Lipinski definition) is 0. The largest absolute Gasteiger partial charge is 0.484 e. The van der Waals surface area contributed by atoms with Crippen molar-refractivity contribution >= 4 is 11.7 Å². The molecule has 2 aliphatic heterocycles. The van der Waals surface area contributed by atoms with Crippen LogP contribution in [0.4, 0.5) is 5.82 Å². The van der Waals surface area contributed by atoms with Crippen LogP contribution in [-0.4, -0.2) is 72.9 Å². The molecule has 1 aromatic heterocycles. The van der Waals surface area contributed by atoms with Crippen LogP contribution in [0.1, 0.15) is 12.0 Å². The van der Waals surface area contributed by atoms with Crippen LogP contribution in [0.5, 0.6) is 11.6 Å². The van der Waals surface area contributed by atoms with Gasteiger partial charge in [0.05, 0.1) is 19.8 Å². The molecule has 0 spiro atoms. The van der Waals surface area contributed by atoms with Gasteiger partial charge in [-0.2, -0.15) is 0 Å². The Morgan fingerprint density at radius 2 is 2.03 bits per heavy atom. The van der Waals surface area contributed by atoms with Gasteiger partial charge in [0.2, 0.25) is 0 Å². The third-order valence-corrected chi connectivity index (χ3v) is 5.09. The second kappa shape index (κ2) is 9.09. The van der Waals surface area contributed by atoms with E-state index in [2.05, 4.69) is 14.9 Å². The smallest absolute Gasteiger partial charge is 0.260 e. The van der Waals surface area contributed by atoms with Crippen LogP contribution in [0.25, 0.3) is 0 Å². The van der Waals surface area contributed by atoms with Crippen molar-refractivity contribution in [2.75, 3.05) is 50.9 Å². The Labute approximate surface area is 170 Å². The van der Waals surface area contributed by atoms with Crippen LogP contribution in [0.2, 0.25) is 0 Å². The topological polar surface area (TPSA) is 77.0 Å². The molecular formula is C21H26N4O4. The second-order valence-electron chi connectivity index (χ2n) is 7.26. The maximum atomic E-state index is 12.5. The maximum absolute atomic E-state index is 12.5. The Hall–Kier alpha value is -2.87. The summed E-state index contributed by atoms with van der Waals surface area (Å²) in [5.41, 5.74) is 1.10. The zero-order valence-corrected chi connectivity index (χ0v) is 16.6. The summed E-state index contributed by atoms with van der Waals surface area (Å²) >= 11 is 0. The van der Waals surface area contributed by atoms with E-state index in [1.165, 1.54) is 0 Å². The Kier molecular flexibility index (Phi) is 6.09. The minimum absolute atomic E-state index is 0.0281. The van der Waals surface area contributed by atoms with Crippen LogP contribution >= 0.6 is 0 Å². The van der Waals surface area contributed by atoms with Gasteiger partial charge in [0.15, 0.2) is 12.4 Å². The molecule has 8 nitrogen and oxygen atoms in total. The Morgan fingerprint density at radius 3 is 2.86 bits per heavy atom. The summed E-state index contributed by atoms with van der Waals surface area (Å²) in [6, 6.07) is 7.69. The van der Waals surface area contributed by atoms with Crippen molar-refractivity contribution in [2.45, 2.75) is 19.4 Å². The molecule has 2 aromatic rings. The molecule has 154 valence electrons. The first-order chi connectivity index (χ1) is 14.2. The zero-order valence-electron chi connectivity index (χ0n) is 16.6. The normalized spacial score (nSPS) is 19.3. The van der Waals surface area contributed by atoms with Crippen molar-refractivity contribution in [3.63, 3.8) is 0 Å². The highest BCUT2D eigenvalue weighted by Crippen LogP contribution is 2.26. The molecule has 0 N–H and O–H groups in total. The highest BCUT2D eigenvalue weighted by Gasteiger charge is 2.29. The molecule has 29 heavy (non-hydrogen) atoms. The van der Waals surface area contributed by atoms with Crippen molar-refractivity contribution in [1.29, 1.82) is 0 Å². The summed E-state index contributed by atoms with van der Waals surface area (Å²) in [6.07, 6.45) is 3.96. The molecule has 0 aliphatic carbocycles. The van der Waals surface area contributed by atoms with Crippen molar-refractivity contribution in [3.8, 4) is 11.6 Å². The lowest BCUT2D eigenvalue weighted by Gasteiger charge is -2.29. The van der Waals surface area contributed by atoms with E-state index in [9.17, 15) is 4.79 Å². The minimum Gasteiger partial charge on any atom is -0.484 e. The van der Waals surface area contributed by atoms with E-state index in [4.69, 9.17) is 14.2 Å². The van der Waals surface area contributed by atoms with Gasteiger partial charge < -0.3 is 24.0 Å². The Balaban J connectivity index is 1.31. The Bertz CT molecular complexity index is 841. The minimum atomic E-state index is -0.102. The highest BCUT2D eigenvalue weighted by molar-refractivity contribution is 5.78. The van der Waals surface area contributed by atoms with Gasteiger partial charge in [0.1, 0.15) is 11.9 Å².